The van der Waals surface area contributed by atoms with Gasteiger partial charge in [-0.05, 0) is 36.6 Å². The number of nitrogens with zero attached hydrogens (tertiary/aromatic N) is 4. The lowest BCUT2D eigenvalue weighted by atomic mass is 9.84. The zero-order valence-electron chi connectivity index (χ0n) is 15.0. The maximum Gasteiger partial charge on any atom is 0.230 e. The summed E-state index contributed by atoms with van der Waals surface area (Å²) >= 11 is 12.4. The molecule has 1 aromatic heterocycles. The van der Waals surface area contributed by atoms with Crippen LogP contribution >= 0.6 is 23.2 Å². The molecule has 1 aliphatic heterocycles. The second-order valence-electron chi connectivity index (χ2n) is 6.83. The second kappa shape index (κ2) is 7.54. The Morgan fingerprint density at radius 1 is 0.964 bits per heavy atom. The molecule has 0 spiro atoms. The minimum atomic E-state index is -0.852. The molecule has 0 amide bonds. The summed E-state index contributed by atoms with van der Waals surface area (Å²) in [4.78, 5) is 15.0. The molecular weight excluding hydrogens is 397 g/mol. The number of piperidine rings is 1. The zero-order chi connectivity index (χ0) is 19.7. The van der Waals surface area contributed by atoms with Gasteiger partial charge in [-0.25, -0.2) is 0 Å². The molecule has 0 unspecified atom stereocenters. The number of aliphatic hydroxyl groups is 1. The first-order valence-corrected chi connectivity index (χ1v) is 9.70. The minimum Gasteiger partial charge on any atom is -0.385 e. The summed E-state index contributed by atoms with van der Waals surface area (Å²) in [6.45, 7) is 1.19. The average Bonchev–Trinajstić information content (AvgIpc) is 2.70. The van der Waals surface area contributed by atoms with Crippen molar-refractivity contribution in [1.82, 2.24) is 15.0 Å². The van der Waals surface area contributed by atoms with E-state index in [9.17, 15) is 5.11 Å². The van der Waals surface area contributed by atoms with Crippen molar-refractivity contribution >= 4 is 35.1 Å². The summed E-state index contributed by atoms with van der Waals surface area (Å²) in [5.74, 6) is 0.951. The third-order valence-electron chi connectivity index (χ3n) is 4.99. The van der Waals surface area contributed by atoms with Crippen LogP contribution < -0.4 is 10.6 Å². The van der Waals surface area contributed by atoms with Crippen molar-refractivity contribution in [2.75, 3.05) is 23.7 Å². The van der Waals surface area contributed by atoms with Crippen molar-refractivity contribution in [2.24, 2.45) is 0 Å². The van der Waals surface area contributed by atoms with Gasteiger partial charge in [0.1, 0.15) is 0 Å². The predicted molar refractivity (Wildman–Crippen MR) is 111 cm³/mol. The van der Waals surface area contributed by atoms with Gasteiger partial charge in [0, 0.05) is 23.7 Å². The summed E-state index contributed by atoms with van der Waals surface area (Å²) in [6.07, 6.45) is 1.13. The van der Waals surface area contributed by atoms with Crippen LogP contribution in [0.5, 0.6) is 0 Å². The molecule has 0 radical (unpaired) electrons. The maximum absolute atomic E-state index is 11.0. The number of benzene rings is 2. The van der Waals surface area contributed by atoms with Gasteiger partial charge >= 0.3 is 0 Å². The second-order valence-corrected chi connectivity index (χ2v) is 7.67. The smallest absolute Gasteiger partial charge is 0.230 e. The van der Waals surface area contributed by atoms with E-state index < -0.39 is 5.60 Å². The highest BCUT2D eigenvalue weighted by Crippen LogP contribution is 2.34. The van der Waals surface area contributed by atoms with E-state index in [4.69, 9.17) is 28.9 Å². The lowest BCUT2D eigenvalue weighted by Crippen LogP contribution is -2.43. The van der Waals surface area contributed by atoms with E-state index in [1.165, 1.54) is 0 Å². The SMILES string of the molecule is Nc1nc(-c2cc(Cl)ccc2Cl)nc(N2CCC(O)(c3ccccc3)CC2)n1. The van der Waals surface area contributed by atoms with Gasteiger partial charge in [-0.2, -0.15) is 15.0 Å². The van der Waals surface area contributed by atoms with Crippen LogP contribution in [0.2, 0.25) is 10.0 Å². The molecule has 4 rings (SSSR count). The van der Waals surface area contributed by atoms with Crippen molar-refractivity contribution in [3.63, 3.8) is 0 Å². The van der Waals surface area contributed by atoms with Crippen LogP contribution in [0.1, 0.15) is 18.4 Å². The molecule has 144 valence electrons. The molecule has 3 N–H and O–H groups in total. The minimum absolute atomic E-state index is 0.111. The zero-order valence-corrected chi connectivity index (χ0v) is 16.5. The number of anilines is 2. The molecule has 8 heteroatoms. The normalized spacial score (nSPS) is 16.2. The summed E-state index contributed by atoms with van der Waals surface area (Å²) in [7, 11) is 0. The van der Waals surface area contributed by atoms with Crippen molar-refractivity contribution in [1.29, 1.82) is 0 Å². The molecule has 0 bridgehead atoms. The van der Waals surface area contributed by atoms with E-state index in [2.05, 4.69) is 15.0 Å². The average molecular weight is 416 g/mol. The fraction of sp³-hybridized carbons (Fsp3) is 0.250. The van der Waals surface area contributed by atoms with Crippen LogP contribution in [0, 0.1) is 0 Å². The van der Waals surface area contributed by atoms with Gasteiger partial charge in [-0.1, -0.05) is 53.5 Å². The van der Waals surface area contributed by atoms with Crippen molar-refractivity contribution in [3.8, 4) is 11.4 Å². The summed E-state index contributed by atoms with van der Waals surface area (Å²) in [5, 5.41) is 12.0. The van der Waals surface area contributed by atoms with Gasteiger partial charge < -0.3 is 15.7 Å². The number of rotatable bonds is 3. The first-order valence-electron chi connectivity index (χ1n) is 8.94. The van der Waals surface area contributed by atoms with Gasteiger partial charge in [-0.3, -0.25) is 0 Å². The monoisotopic (exact) mass is 415 g/mol. The molecule has 3 aromatic rings. The first kappa shape index (κ1) is 18.9. The van der Waals surface area contributed by atoms with E-state index in [0.29, 0.717) is 53.3 Å². The van der Waals surface area contributed by atoms with Gasteiger partial charge in [0.15, 0.2) is 5.82 Å². The quantitative estimate of drug-likeness (QED) is 0.673. The Bertz CT molecular complexity index is 991. The highest BCUT2D eigenvalue weighted by Gasteiger charge is 2.34. The maximum atomic E-state index is 11.0. The lowest BCUT2D eigenvalue weighted by Gasteiger charge is -2.38. The third-order valence-corrected chi connectivity index (χ3v) is 5.56. The molecule has 1 saturated heterocycles. The number of nitrogen functional groups attached to an aromatic ring is 1. The molecule has 2 heterocycles. The lowest BCUT2D eigenvalue weighted by molar-refractivity contribution is 0.0115. The van der Waals surface area contributed by atoms with Crippen LogP contribution in [0.3, 0.4) is 0 Å². The standard InChI is InChI=1S/C20H19Cl2N5O/c21-14-6-7-16(22)15(12-14)17-24-18(23)26-19(25-17)27-10-8-20(28,9-11-27)13-4-2-1-3-5-13/h1-7,12,28H,8-11H2,(H2,23,24,25,26). The summed E-state index contributed by atoms with van der Waals surface area (Å²) < 4.78 is 0. The van der Waals surface area contributed by atoms with E-state index in [0.717, 1.165) is 5.56 Å². The highest BCUT2D eigenvalue weighted by molar-refractivity contribution is 6.35. The van der Waals surface area contributed by atoms with Crippen LogP contribution in [0.15, 0.2) is 48.5 Å². The predicted octanol–water partition coefficient (Wildman–Crippen LogP) is 3.92. The van der Waals surface area contributed by atoms with Gasteiger partial charge in [0.05, 0.1) is 10.6 Å². The fourth-order valence-electron chi connectivity index (χ4n) is 3.43. The van der Waals surface area contributed by atoms with Crippen LogP contribution in [0.25, 0.3) is 11.4 Å². The number of nitrogens with two attached hydrogens (primary N) is 1. The highest BCUT2D eigenvalue weighted by atomic mass is 35.5. The van der Waals surface area contributed by atoms with Crippen LogP contribution in [-0.2, 0) is 5.60 Å². The topological polar surface area (TPSA) is 88.2 Å². The number of hydrogen-bond donors (Lipinski definition) is 2. The third kappa shape index (κ3) is 3.76. The van der Waals surface area contributed by atoms with Crippen molar-refractivity contribution in [2.45, 2.75) is 18.4 Å². The number of hydrogen-bond acceptors (Lipinski definition) is 6. The molecule has 0 atom stereocenters. The number of aromatic nitrogens is 3. The van der Waals surface area contributed by atoms with Crippen LogP contribution in [-0.4, -0.2) is 33.1 Å². The molecule has 28 heavy (non-hydrogen) atoms. The van der Waals surface area contributed by atoms with E-state index in [1.54, 1.807) is 18.2 Å². The Morgan fingerprint density at radius 2 is 1.68 bits per heavy atom. The Labute approximate surface area is 173 Å². The molecule has 0 saturated carbocycles. The molecule has 2 aromatic carbocycles. The van der Waals surface area contributed by atoms with Crippen molar-refractivity contribution in [3.05, 3.63) is 64.1 Å². The Balaban J connectivity index is 1.59. The Hall–Kier alpha value is -2.41. The first-order chi connectivity index (χ1) is 13.4. The molecule has 0 aliphatic carbocycles. The summed E-state index contributed by atoms with van der Waals surface area (Å²) in [5.41, 5.74) is 6.60. The van der Waals surface area contributed by atoms with Gasteiger partial charge in [0.2, 0.25) is 11.9 Å². The van der Waals surface area contributed by atoms with E-state index in [1.807, 2.05) is 35.2 Å². The van der Waals surface area contributed by atoms with Crippen LogP contribution in [0.4, 0.5) is 11.9 Å². The molecular formula is C20H19Cl2N5O. The largest absolute Gasteiger partial charge is 0.385 e. The number of halogens is 2. The van der Waals surface area contributed by atoms with E-state index >= 15 is 0 Å². The fourth-order valence-corrected chi connectivity index (χ4v) is 3.80. The summed E-state index contributed by atoms with van der Waals surface area (Å²) in [6, 6.07) is 14.8. The molecule has 1 fully saturated rings. The Kier molecular flexibility index (Phi) is 5.10. The molecule has 1 aliphatic rings. The van der Waals surface area contributed by atoms with Gasteiger partial charge in [0.25, 0.3) is 0 Å². The van der Waals surface area contributed by atoms with E-state index in [-0.39, 0.29) is 5.95 Å². The Morgan fingerprint density at radius 3 is 2.39 bits per heavy atom. The van der Waals surface area contributed by atoms with Crippen molar-refractivity contribution < 1.29 is 5.11 Å². The molecule has 6 nitrogen and oxygen atoms in total. The van der Waals surface area contributed by atoms with Gasteiger partial charge in [-0.15, -0.1) is 0 Å².